The van der Waals surface area contributed by atoms with Gasteiger partial charge in [0.2, 0.25) is 6.20 Å². The van der Waals surface area contributed by atoms with E-state index in [1.54, 1.807) is 19.2 Å². The number of rotatable bonds is 1. The van der Waals surface area contributed by atoms with Crippen LogP contribution in [0.3, 0.4) is 0 Å². The Labute approximate surface area is 66.8 Å². The Bertz CT molecular complexity index is 201. The molecule has 3 heteroatoms. The Morgan fingerprint density at radius 3 is 2.45 bits per heavy atom. The number of hydrogen-bond acceptors (Lipinski definition) is 2. The van der Waals surface area contributed by atoms with Crippen LogP contribution < -0.4 is 9.47 Å². The van der Waals surface area contributed by atoms with Crippen molar-refractivity contribution in [2.24, 2.45) is 0 Å². The van der Waals surface area contributed by atoms with Crippen LogP contribution in [-0.2, 0) is 0 Å². The molecule has 1 heterocycles. The summed E-state index contributed by atoms with van der Waals surface area (Å²) in [6.45, 7) is 4.00. The van der Waals surface area contributed by atoms with E-state index in [-0.39, 0.29) is 0 Å². The zero-order valence-electron chi connectivity index (χ0n) is 7.11. The summed E-state index contributed by atoms with van der Waals surface area (Å²) in [5.41, 5.74) is 0. The predicted molar refractivity (Wildman–Crippen MR) is 41.7 cm³/mol. The van der Waals surface area contributed by atoms with Crippen molar-refractivity contribution in [2.75, 3.05) is 7.11 Å². The van der Waals surface area contributed by atoms with Gasteiger partial charge >= 0.3 is 0 Å². The molecule has 0 atom stereocenters. The van der Waals surface area contributed by atoms with Gasteiger partial charge in [0, 0.05) is 10.8 Å². The first kappa shape index (κ1) is 9.75. The van der Waals surface area contributed by atoms with Crippen molar-refractivity contribution in [3.8, 4) is 5.75 Å². The molecule has 0 aliphatic rings. The second kappa shape index (κ2) is 5.53. The quantitative estimate of drug-likeness (QED) is 0.490. The Hall–Kier alpha value is -1.25. The summed E-state index contributed by atoms with van der Waals surface area (Å²) in [4.78, 5) is 0. The standard InChI is InChI=1S/C6H8NO2.C2H6/c1-9-6-3-2-4-7(8)5-6;1-2/h2-5,8H,1H3;1-2H3/q+1;. The van der Waals surface area contributed by atoms with Crippen LogP contribution in [0, 0.1) is 0 Å². The van der Waals surface area contributed by atoms with Crippen LogP contribution in [0.2, 0.25) is 0 Å². The second-order valence-electron chi connectivity index (χ2n) is 1.62. The van der Waals surface area contributed by atoms with E-state index >= 15 is 0 Å². The van der Waals surface area contributed by atoms with E-state index < -0.39 is 0 Å². The Morgan fingerprint density at radius 1 is 1.45 bits per heavy atom. The normalized spacial score (nSPS) is 7.91. The van der Waals surface area contributed by atoms with E-state index in [1.165, 1.54) is 12.4 Å². The maximum Gasteiger partial charge on any atom is 0.263 e. The van der Waals surface area contributed by atoms with Gasteiger partial charge in [-0.25, -0.2) is 0 Å². The van der Waals surface area contributed by atoms with Crippen molar-refractivity contribution in [1.82, 2.24) is 0 Å². The van der Waals surface area contributed by atoms with Gasteiger partial charge in [-0.2, -0.15) is 0 Å². The average molecular weight is 156 g/mol. The molecule has 1 aromatic heterocycles. The molecule has 1 aromatic rings. The maximum atomic E-state index is 8.78. The molecule has 0 saturated carbocycles. The van der Waals surface area contributed by atoms with E-state index in [9.17, 15) is 0 Å². The first-order chi connectivity index (χ1) is 5.33. The van der Waals surface area contributed by atoms with Gasteiger partial charge in [-0.05, 0) is 6.07 Å². The van der Waals surface area contributed by atoms with Crippen LogP contribution in [0.4, 0.5) is 0 Å². The molecule has 0 unspecified atom stereocenters. The lowest BCUT2D eigenvalue weighted by molar-refractivity contribution is -0.904. The van der Waals surface area contributed by atoms with Crippen LogP contribution in [0.1, 0.15) is 13.8 Å². The lowest BCUT2D eigenvalue weighted by Crippen LogP contribution is -2.27. The van der Waals surface area contributed by atoms with Gasteiger partial charge in [0.25, 0.3) is 6.20 Å². The number of pyridine rings is 1. The smallest absolute Gasteiger partial charge is 0.263 e. The molecule has 0 aliphatic heterocycles. The summed E-state index contributed by atoms with van der Waals surface area (Å²) in [6, 6.07) is 3.45. The van der Waals surface area contributed by atoms with E-state index in [1.807, 2.05) is 13.8 Å². The van der Waals surface area contributed by atoms with Crippen LogP contribution in [0.5, 0.6) is 5.75 Å². The second-order valence-corrected chi connectivity index (χ2v) is 1.62. The third-order valence-electron chi connectivity index (χ3n) is 0.995. The molecule has 0 aromatic carbocycles. The molecule has 1 N–H and O–H groups in total. The lowest BCUT2D eigenvalue weighted by Gasteiger charge is -1.91. The minimum absolute atomic E-state index is 0.639. The van der Waals surface area contributed by atoms with Gasteiger partial charge < -0.3 is 4.74 Å². The van der Waals surface area contributed by atoms with Gasteiger partial charge in [0.1, 0.15) is 0 Å². The van der Waals surface area contributed by atoms with Crippen molar-refractivity contribution in [3.63, 3.8) is 0 Å². The van der Waals surface area contributed by atoms with Gasteiger partial charge in [-0.1, -0.05) is 13.8 Å². The Balaban J connectivity index is 0.000000461. The van der Waals surface area contributed by atoms with Gasteiger partial charge in [-0.3, -0.25) is 5.21 Å². The summed E-state index contributed by atoms with van der Waals surface area (Å²) in [6.07, 6.45) is 2.99. The molecule has 0 radical (unpaired) electrons. The highest BCUT2D eigenvalue weighted by Crippen LogP contribution is 2.01. The zero-order valence-corrected chi connectivity index (χ0v) is 7.11. The van der Waals surface area contributed by atoms with Gasteiger partial charge in [-0.15, -0.1) is 0 Å². The largest absolute Gasteiger partial charge is 0.491 e. The molecule has 11 heavy (non-hydrogen) atoms. The molecular formula is C8H14NO2+. The fourth-order valence-corrected chi connectivity index (χ4v) is 0.563. The van der Waals surface area contributed by atoms with Crippen LogP contribution >= 0.6 is 0 Å². The molecule has 3 nitrogen and oxygen atoms in total. The summed E-state index contributed by atoms with van der Waals surface area (Å²) >= 11 is 0. The molecular weight excluding hydrogens is 142 g/mol. The lowest BCUT2D eigenvalue weighted by atomic mass is 10.5. The molecule has 0 saturated heterocycles. The fourth-order valence-electron chi connectivity index (χ4n) is 0.563. The van der Waals surface area contributed by atoms with Crippen LogP contribution in [0.25, 0.3) is 0 Å². The van der Waals surface area contributed by atoms with Crippen LogP contribution in [0.15, 0.2) is 24.5 Å². The molecule has 0 fully saturated rings. The third kappa shape index (κ3) is 3.45. The first-order valence-corrected chi connectivity index (χ1v) is 3.57. The topological polar surface area (TPSA) is 33.3 Å². The molecule has 1 rings (SSSR count). The molecule has 0 bridgehead atoms. The van der Waals surface area contributed by atoms with E-state index in [2.05, 4.69) is 0 Å². The monoisotopic (exact) mass is 156 g/mol. The highest BCUT2D eigenvalue weighted by atomic mass is 16.5. The number of hydrogen-bond donors (Lipinski definition) is 1. The zero-order chi connectivity index (χ0) is 8.69. The average Bonchev–Trinajstić information content (AvgIpc) is 2.08. The predicted octanol–water partition coefficient (Wildman–Crippen LogP) is 1.25. The fraction of sp³-hybridized carbons (Fsp3) is 0.375. The Kier molecular flexibility index (Phi) is 4.90. The minimum atomic E-state index is 0.639. The van der Waals surface area contributed by atoms with Gasteiger partial charge in [0.15, 0.2) is 5.75 Å². The van der Waals surface area contributed by atoms with E-state index in [0.29, 0.717) is 5.75 Å². The summed E-state index contributed by atoms with van der Waals surface area (Å²) in [5, 5.41) is 8.78. The van der Waals surface area contributed by atoms with Crippen molar-refractivity contribution >= 4 is 0 Å². The molecule has 62 valence electrons. The SMILES string of the molecule is CC.COc1ccc[n+](O)c1. The summed E-state index contributed by atoms with van der Waals surface area (Å²) in [7, 11) is 1.55. The maximum absolute atomic E-state index is 8.78. The highest BCUT2D eigenvalue weighted by Gasteiger charge is 1.96. The molecule has 0 amide bonds. The highest BCUT2D eigenvalue weighted by molar-refractivity contribution is 5.11. The van der Waals surface area contributed by atoms with E-state index in [4.69, 9.17) is 9.94 Å². The number of aromatic nitrogens is 1. The first-order valence-electron chi connectivity index (χ1n) is 3.57. The van der Waals surface area contributed by atoms with Crippen LogP contribution in [-0.4, -0.2) is 12.3 Å². The van der Waals surface area contributed by atoms with Gasteiger partial charge in [0.05, 0.1) is 7.11 Å². The summed E-state index contributed by atoms with van der Waals surface area (Å²) < 4.78 is 5.76. The third-order valence-corrected chi connectivity index (χ3v) is 0.995. The number of ether oxygens (including phenoxy) is 1. The van der Waals surface area contributed by atoms with Crippen molar-refractivity contribution in [1.29, 1.82) is 0 Å². The molecule has 0 spiro atoms. The minimum Gasteiger partial charge on any atom is -0.491 e. The number of methoxy groups -OCH3 is 1. The Morgan fingerprint density at radius 2 is 2.09 bits per heavy atom. The van der Waals surface area contributed by atoms with Crippen molar-refractivity contribution < 1.29 is 14.7 Å². The van der Waals surface area contributed by atoms with Crippen molar-refractivity contribution in [2.45, 2.75) is 13.8 Å². The van der Waals surface area contributed by atoms with Crippen molar-refractivity contribution in [3.05, 3.63) is 24.5 Å². The summed E-state index contributed by atoms with van der Waals surface area (Å²) in [5.74, 6) is 0.639. The van der Waals surface area contributed by atoms with E-state index in [0.717, 1.165) is 4.73 Å². The number of nitrogens with zero attached hydrogens (tertiary/aromatic N) is 1. The molecule has 0 aliphatic carbocycles.